The highest BCUT2D eigenvalue weighted by Gasteiger charge is 2.23. The third kappa shape index (κ3) is 8.05. The van der Waals surface area contributed by atoms with Gasteiger partial charge in [-0.05, 0) is 26.2 Å². The summed E-state index contributed by atoms with van der Waals surface area (Å²) < 4.78 is 0. The first-order chi connectivity index (χ1) is 15.0. The summed E-state index contributed by atoms with van der Waals surface area (Å²) >= 11 is 1.36. The van der Waals surface area contributed by atoms with E-state index in [1.807, 2.05) is 36.1 Å². The van der Waals surface area contributed by atoms with Crippen LogP contribution in [0.15, 0.2) is 24.3 Å². The summed E-state index contributed by atoms with van der Waals surface area (Å²) in [5.41, 5.74) is 2.17. The van der Waals surface area contributed by atoms with Gasteiger partial charge < -0.3 is 10.2 Å². The molecular formula is C24H36N4O2S. The first-order valence-electron chi connectivity index (χ1n) is 11.5. The fourth-order valence-corrected chi connectivity index (χ4v) is 4.16. The zero-order chi connectivity index (χ0) is 22.6. The van der Waals surface area contributed by atoms with Gasteiger partial charge in [0.2, 0.25) is 16.9 Å². The van der Waals surface area contributed by atoms with E-state index in [1.165, 1.54) is 16.9 Å². The smallest absolute Gasteiger partial charge is 0.227 e. The average molecular weight is 445 g/mol. The van der Waals surface area contributed by atoms with E-state index in [4.69, 9.17) is 0 Å². The minimum Gasteiger partial charge on any atom is -0.342 e. The third-order valence-corrected chi connectivity index (χ3v) is 6.31. The van der Waals surface area contributed by atoms with Crippen LogP contribution in [-0.4, -0.2) is 40.0 Å². The van der Waals surface area contributed by atoms with Gasteiger partial charge in [0, 0.05) is 31.0 Å². The molecule has 2 aromatic rings. The number of anilines is 1. The fraction of sp³-hybridized carbons (Fsp3) is 0.583. The van der Waals surface area contributed by atoms with Crippen molar-refractivity contribution in [1.82, 2.24) is 15.1 Å². The number of aryl methyl sites for hydroxylation is 1. The number of amides is 2. The number of hydrogen-bond acceptors (Lipinski definition) is 5. The summed E-state index contributed by atoms with van der Waals surface area (Å²) in [6.45, 7) is 9.53. The topological polar surface area (TPSA) is 75.2 Å². The second kappa shape index (κ2) is 13.2. The lowest BCUT2D eigenvalue weighted by atomic mass is 9.97. The van der Waals surface area contributed by atoms with Crippen molar-refractivity contribution in [3.05, 3.63) is 29.8 Å². The molecule has 0 radical (unpaired) electrons. The van der Waals surface area contributed by atoms with Crippen molar-refractivity contribution < 1.29 is 9.59 Å². The Morgan fingerprint density at radius 2 is 1.74 bits per heavy atom. The first-order valence-corrected chi connectivity index (χ1v) is 12.3. The van der Waals surface area contributed by atoms with Gasteiger partial charge in [0.25, 0.3) is 0 Å². The second-order valence-electron chi connectivity index (χ2n) is 8.00. The molecule has 1 atom stereocenters. The molecule has 1 heterocycles. The van der Waals surface area contributed by atoms with Gasteiger partial charge in [-0.25, -0.2) is 0 Å². The standard InChI is InChI=1S/C24H36N4O2S/c1-5-8-10-19(7-3)23(30)28(16-9-6-2)17-15-21(29)25-24-27-26-22(31-24)20-13-11-18(4)12-14-20/h11-14,19H,5-10,15-17H2,1-4H3,(H,25,27,29). The van der Waals surface area contributed by atoms with Crippen LogP contribution in [0.2, 0.25) is 0 Å². The minimum absolute atomic E-state index is 0.0556. The van der Waals surface area contributed by atoms with Crippen LogP contribution in [0.5, 0.6) is 0 Å². The van der Waals surface area contributed by atoms with Gasteiger partial charge >= 0.3 is 0 Å². The molecule has 2 rings (SSSR count). The molecule has 7 heteroatoms. The number of carbonyl (C=O) groups excluding carboxylic acids is 2. The molecular weight excluding hydrogens is 408 g/mol. The number of rotatable bonds is 13. The van der Waals surface area contributed by atoms with Crippen LogP contribution in [0.4, 0.5) is 5.13 Å². The Labute approximate surface area is 190 Å². The van der Waals surface area contributed by atoms with Crippen molar-refractivity contribution in [2.24, 2.45) is 5.92 Å². The van der Waals surface area contributed by atoms with Gasteiger partial charge in [-0.1, -0.05) is 81.2 Å². The maximum absolute atomic E-state index is 13.0. The van der Waals surface area contributed by atoms with Gasteiger partial charge in [0.1, 0.15) is 5.01 Å². The molecule has 31 heavy (non-hydrogen) atoms. The third-order valence-electron chi connectivity index (χ3n) is 5.42. The molecule has 1 aromatic carbocycles. The predicted octanol–water partition coefficient (Wildman–Crippen LogP) is 5.69. The summed E-state index contributed by atoms with van der Waals surface area (Å²) in [6, 6.07) is 8.06. The normalized spacial score (nSPS) is 11.9. The second-order valence-corrected chi connectivity index (χ2v) is 8.98. The largest absolute Gasteiger partial charge is 0.342 e. The highest BCUT2D eigenvalue weighted by atomic mass is 32.1. The number of nitrogens with zero attached hydrogens (tertiary/aromatic N) is 3. The average Bonchev–Trinajstić information content (AvgIpc) is 3.23. The van der Waals surface area contributed by atoms with Crippen molar-refractivity contribution in [2.45, 2.75) is 72.6 Å². The Kier molecular flexibility index (Phi) is 10.6. The molecule has 0 aliphatic rings. The zero-order valence-corrected chi connectivity index (χ0v) is 20.1. The molecule has 0 aliphatic heterocycles. The van der Waals surface area contributed by atoms with Crippen LogP contribution in [-0.2, 0) is 9.59 Å². The predicted molar refractivity (Wildman–Crippen MR) is 128 cm³/mol. The molecule has 0 aliphatic carbocycles. The van der Waals surface area contributed by atoms with Crippen molar-refractivity contribution in [2.75, 3.05) is 18.4 Å². The summed E-state index contributed by atoms with van der Waals surface area (Å²) in [4.78, 5) is 27.4. The molecule has 1 unspecified atom stereocenters. The van der Waals surface area contributed by atoms with E-state index in [0.717, 1.165) is 49.1 Å². The zero-order valence-electron chi connectivity index (χ0n) is 19.3. The summed E-state index contributed by atoms with van der Waals surface area (Å²) in [6.07, 6.45) is 6.16. The van der Waals surface area contributed by atoms with Crippen LogP contribution in [0.25, 0.3) is 10.6 Å². The summed E-state index contributed by atoms with van der Waals surface area (Å²) in [5.74, 6) is 0.109. The summed E-state index contributed by atoms with van der Waals surface area (Å²) in [7, 11) is 0. The molecule has 1 N–H and O–H groups in total. The fourth-order valence-electron chi connectivity index (χ4n) is 3.40. The minimum atomic E-state index is -0.137. The van der Waals surface area contributed by atoms with Crippen molar-refractivity contribution >= 4 is 28.3 Å². The molecule has 6 nitrogen and oxygen atoms in total. The van der Waals surface area contributed by atoms with Crippen molar-refractivity contribution in [1.29, 1.82) is 0 Å². The number of benzene rings is 1. The summed E-state index contributed by atoms with van der Waals surface area (Å²) in [5, 5.41) is 12.4. The van der Waals surface area contributed by atoms with Gasteiger partial charge in [-0.15, -0.1) is 10.2 Å². The van der Waals surface area contributed by atoms with Gasteiger partial charge in [-0.2, -0.15) is 0 Å². The van der Waals surface area contributed by atoms with E-state index >= 15 is 0 Å². The van der Waals surface area contributed by atoms with Crippen LogP contribution in [0.1, 0.15) is 71.3 Å². The Hall–Kier alpha value is -2.28. The molecule has 0 spiro atoms. The van der Waals surface area contributed by atoms with Crippen LogP contribution in [0, 0.1) is 12.8 Å². The van der Waals surface area contributed by atoms with E-state index in [1.54, 1.807) is 0 Å². The van der Waals surface area contributed by atoms with Crippen LogP contribution in [0.3, 0.4) is 0 Å². The Morgan fingerprint density at radius 3 is 2.39 bits per heavy atom. The lowest BCUT2D eigenvalue weighted by Crippen LogP contribution is -2.38. The highest BCUT2D eigenvalue weighted by Crippen LogP contribution is 2.26. The van der Waals surface area contributed by atoms with Crippen LogP contribution >= 0.6 is 11.3 Å². The van der Waals surface area contributed by atoms with Crippen molar-refractivity contribution in [3.8, 4) is 10.6 Å². The number of hydrogen-bond donors (Lipinski definition) is 1. The Bertz CT molecular complexity index is 819. The molecule has 0 fully saturated rings. The number of carbonyl (C=O) groups is 2. The van der Waals surface area contributed by atoms with E-state index in [9.17, 15) is 9.59 Å². The maximum Gasteiger partial charge on any atom is 0.227 e. The molecule has 0 saturated heterocycles. The number of nitrogens with one attached hydrogen (secondary N) is 1. The maximum atomic E-state index is 13.0. The Balaban J connectivity index is 1.93. The lowest BCUT2D eigenvalue weighted by molar-refractivity contribution is -0.136. The molecule has 170 valence electrons. The number of aromatic nitrogens is 2. The molecule has 2 amide bonds. The van der Waals surface area contributed by atoms with Gasteiger partial charge in [0.15, 0.2) is 0 Å². The lowest BCUT2D eigenvalue weighted by Gasteiger charge is -2.27. The highest BCUT2D eigenvalue weighted by molar-refractivity contribution is 7.18. The van der Waals surface area contributed by atoms with Crippen LogP contribution < -0.4 is 5.32 Å². The van der Waals surface area contributed by atoms with E-state index in [-0.39, 0.29) is 24.2 Å². The first kappa shape index (κ1) is 25.0. The van der Waals surface area contributed by atoms with Gasteiger partial charge in [0.05, 0.1) is 0 Å². The number of unbranched alkanes of at least 4 members (excludes halogenated alkanes) is 2. The SMILES string of the molecule is CCCCC(CC)C(=O)N(CCCC)CCC(=O)Nc1nnc(-c2ccc(C)cc2)s1. The quantitative estimate of drug-likeness (QED) is 0.431. The van der Waals surface area contributed by atoms with E-state index < -0.39 is 0 Å². The molecule has 1 aromatic heterocycles. The van der Waals surface area contributed by atoms with Gasteiger partial charge in [-0.3, -0.25) is 9.59 Å². The molecule has 0 bridgehead atoms. The Morgan fingerprint density at radius 1 is 1.03 bits per heavy atom. The monoisotopic (exact) mass is 444 g/mol. The van der Waals surface area contributed by atoms with E-state index in [0.29, 0.717) is 18.2 Å². The van der Waals surface area contributed by atoms with Crippen molar-refractivity contribution in [3.63, 3.8) is 0 Å². The van der Waals surface area contributed by atoms with E-state index in [2.05, 4.69) is 36.3 Å². The molecule has 0 saturated carbocycles.